The Balaban J connectivity index is 0.000000396. The molecule has 0 unspecified atom stereocenters. The van der Waals surface area contributed by atoms with Gasteiger partial charge in [-0.25, -0.2) is 4.98 Å². The van der Waals surface area contributed by atoms with Crippen molar-refractivity contribution >= 4 is 11.0 Å². The molecule has 2 aromatic heterocycles. The summed E-state index contributed by atoms with van der Waals surface area (Å²) in [5.41, 5.74) is 3.01. The summed E-state index contributed by atoms with van der Waals surface area (Å²) in [6, 6.07) is 1.97. The molecule has 0 radical (unpaired) electrons. The summed E-state index contributed by atoms with van der Waals surface area (Å²) in [6.45, 7) is 7.90. The van der Waals surface area contributed by atoms with E-state index in [2.05, 4.69) is 15.0 Å². The summed E-state index contributed by atoms with van der Waals surface area (Å²) < 4.78 is 0. The van der Waals surface area contributed by atoms with E-state index in [9.17, 15) is 0 Å². The minimum absolute atomic E-state index is 0.937. The van der Waals surface area contributed by atoms with Gasteiger partial charge in [-0.1, -0.05) is 13.8 Å². The molecule has 2 heterocycles. The zero-order chi connectivity index (χ0) is 9.84. The van der Waals surface area contributed by atoms with Gasteiger partial charge < -0.3 is 4.98 Å². The standard InChI is InChI=1S/C8H9N3.C2H6/c1-5-3-7-8(4-9-5)11-6(2)10-7;1-2/h3-4H,1-2H3,(H,10,11);1-2H3. The van der Waals surface area contributed by atoms with Gasteiger partial charge in [0.05, 0.1) is 17.2 Å². The number of pyridine rings is 1. The summed E-state index contributed by atoms with van der Waals surface area (Å²) in [4.78, 5) is 11.5. The molecule has 3 nitrogen and oxygen atoms in total. The second-order valence-electron chi connectivity index (χ2n) is 2.67. The molecule has 0 fully saturated rings. The predicted molar refractivity (Wildman–Crippen MR) is 54.7 cm³/mol. The molecule has 70 valence electrons. The second-order valence-corrected chi connectivity index (χ2v) is 2.67. The van der Waals surface area contributed by atoms with Gasteiger partial charge in [0.25, 0.3) is 0 Å². The molecule has 0 amide bonds. The Kier molecular flexibility index (Phi) is 3.01. The largest absolute Gasteiger partial charge is 0.341 e. The fourth-order valence-electron chi connectivity index (χ4n) is 1.14. The van der Waals surface area contributed by atoms with Crippen molar-refractivity contribution in [2.45, 2.75) is 27.7 Å². The molecule has 1 N–H and O–H groups in total. The number of aromatic amines is 1. The normalized spacial score (nSPS) is 9.54. The van der Waals surface area contributed by atoms with Crippen LogP contribution in [0.25, 0.3) is 11.0 Å². The molecule has 0 aliphatic heterocycles. The van der Waals surface area contributed by atoms with E-state index < -0.39 is 0 Å². The smallest absolute Gasteiger partial charge is 0.104 e. The number of hydrogen-bond acceptors (Lipinski definition) is 2. The lowest BCUT2D eigenvalue weighted by Crippen LogP contribution is -1.78. The van der Waals surface area contributed by atoms with E-state index >= 15 is 0 Å². The third-order valence-corrected chi connectivity index (χ3v) is 1.62. The summed E-state index contributed by atoms with van der Waals surface area (Å²) in [6.07, 6.45) is 1.81. The van der Waals surface area contributed by atoms with Gasteiger partial charge in [-0.2, -0.15) is 0 Å². The van der Waals surface area contributed by atoms with Crippen molar-refractivity contribution in [1.82, 2.24) is 15.0 Å². The molecule has 0 saturated carbocycles. The topological polar surface area (TPSA) is 41.6 Å². The fourth-order valence-corrected chi connectivity index (χ4v) is 1.14. The molecule has 0 bridgehead atoms. The number of rotatable bonds is 0. The fraction of sp³-hybridized carbons (Fsp3) is 0.400. The van der Waals surface area contributed by atoms with Gasteiger partial charge in [0.2, 0.25) is 0 Å². The highest BCUT2D eigenvalue weighted by Gasteiger charge is 1.97. The SMILES string of the molecule is CC.Cc1cc2nc(C)[nH]c2cn1. The number of aromatic nitrogens is 3. The van der Waals surface area contributed by atoms with Gasteiger partial charge >= 0.3 is 0 Å². The first-order chi connectivity index (χ1) is 6.25. The number of nitrogens with zero attached hydrogens (tertiary/aromatic N) is 2. The quantitative estimate of drug-likeness (QED) is 0.672. The van der Waals surface area contributed by atoms with Crippen molar-refractivity contribution in [1.29, 1.82) is 0 Å². The van der Waals surface area contributed by atoms with Crippen molar-refractivity contribution in [2.24, 2.45) is 0 Å². The Hall–Kier alpha value is -1.38. The van der Waals surface area contributed by atoms with Crippen LogP contribution in [0.1, 0.15) is 25.4 Å². The summed E-state index contributed by atoms with van der Waals surface area (Å²) >= 11 is 0. The summed E-state index contributed by atoms with van der Waals surface area (Å²) in [7, 11) is 0. The second kappa shape index (κ2) is 4.03. The van der Waals surface area contributed by atoms with Crippen LogP contribution in [0.4, 0.5) is 0 Å². The molecular weight excluding hydrogens is 162 g/mol. The van der Waals surface area contributed by atoms with E-state index in [0.717, 1.165) is 22.6 Å². The Labute approximate surface area is 78.2 Å². The Morgan fingerprint density at radius 3 is 2.62 bits per heavy atom. The van der Waals surface area contributed by atoms with Crippen molar-refractivity contribution in [3.8, 4) is 0 Å². The van der Waals surface area contributed by atoms with Gasteiger partial charge in [-0.15, -0.1) is 0 Å². The van der Waals surface area contributed by atoms with Crippen molar-refractivity contribution in [3.63, 3.8) is 0 Å². The number of H-pyrrole nitrogens is 1. The van der Waals surface area contributed by atoms with Crippen LogP contribution >= 0.6 is 0 Å². The van der Waals surface area contributed by atoms with E-state index in [1.165, 1.54) is 0 Å². The van der Waals surface area contributed by atoms with Crippen LogP contribution in [0.5, 0.6) is 0 Å². The zero-order valence-electron chi connectivity index (χ0n) is 8.55. The maximum atomic E-state index is 4.28. The maximum absolute atomic E-state index is 4.28. The first-order valence-electron chi connectivity index (χ1n) is 4.55. The molecule has 0 saturated heterocycles. The van der Waals surface area contributed by atoms with E-state index in [1.807, 2.05) is 40.0 Å². The first-order valence-corrected chi connectivity index (χ1v) is 4.55. The lowest BCUT2D eigenvalue weighted by Gasteiger charge is -1.88. The minimum atomic E-state index is 0.937. The van der Waals surface area contributed by atoms with E-state index in [-0.39, 0.29) is 0 Å². The highest BCUT2D eigenvalue weighted by molar-refractivity contribution is 5.74. The Morgan fingerprint density at radius 1 is 1.23 bits per heavy atom. The predicted octanol–water partition coefficient (Wildman–Crippen LogP) is 2.60. The van der Waals surface area contributed by atoms with Crippen molar-refractivity contribution < 1.29 is 0 Å². The third kappa shape index (κ3) is 2.05. The highest BCUT2D eigenvalue weighted by atomic mass is 14.9. The lowest BCUT2D eigenvalue weighted by atomic mass is 10.3. The minimum Gasteiger partial charge on any atom is -0.341 e. The van der Waals surface area contributed by atoms with E-state index in [4.69, 9.17) is 0 Å². The molecular formula is C10H15N3. The maximum Gasteiger partial charge on any atom is 0.104 e. The molecule has 0 atom stereocenters. The molecule has 2 aromatic rings. The molecule has 0 aliphatic carbocycles. The van der Waals surface area contributed by atoms with Crippen LogP contribution in [-0.2, 0) is 0 Å². The zero-order valence-corrected chi connectivity index (χ0v) is 8.55. The Bertz CT molecular complexity index is 390. The van der Waals surface area contributed by atoms with Gasteiger partial charge in [-0.05, 0) is 19.9 Å². The lowest BCUT2D eigenvalue weighted by molar-refractivity contribution is 1.17. The third-order valence-electron chi connectivity index (χ3n) is 1.62. The molecule has 2 rings (SSSR count). The summed E-state index contributed by atoms with van der Waals surface area (Å²) in [5, 5.41) is 0. The van der Waals surface area contributed by atoms with Crippen LogP contribution < -0.4 is 0 Å². The Morgan fingerprint density at radius 2 is 1.92 bits per heavy atom. The van der Waals surface area contributed by atoms with Gasteiger partial charge in [0.15, 0.2) is 0 Å². The number of aryl methyl sites for hydroxylation is 2. The average Bonchev–Trinajstić information content (AvgIpc) is 2.48. The van der Waals surface area contributed by atoms with Gasteiger partial charge in [0, 0.05) is 5.69 Å². The number of nitrogens with one attached hydrogen (secondary N) is 1. The summed E-state index contributed by atoms with van der Waals surface area (Å²) in [5.74, 6) is 0.937. The van der Waals surface area contributed by atoms with Crippen LogP contribution in [0.2, 0.25) is 0 Å². The molecule has 3 heteroatoms. The van der Waals surface area contributed by atoms with Crippen molar-refractivity contribution in [2.75, 3.05) is 0 Å². The number of hydrogen-bond donors (Lipinski definition) is 1. The highest BCUT2D eigenvalue weighted by Crippen LogP contribution is 2.09. The van der Waals surface area contributed by atoms with E-state index in [0.29, 0.717) is 0 Å². The average molecular weight is 177 g/mol. The number of imidazole rings is 1. The van der Waals surface area contributed by atoms with Crippen molar-refractivity contribution in [3.05, 3.63) is 23.8 Å². The van der Waals surface area contributed by atoms with Gasteiger partial charge in [-0.3, -0.25) is 4.98 Å². The molecule has 0 aliphatic rings. The van der Waals surface area contributed by atoms with Gasteiger partial charge in [0.1, 0.15) is 5.82 Å². The first kappa shape index (κ1) is 9.71. The van der Waals surface area contributed by atoms with E-state index in [1.54, 1.807) is 0 Å². The van der Waals surface area contributed by atoms with Crippen LogP contribution in [0.15, 0.2) is 12.3 Å². The van der Waals surface area contributed by atoms with Crippen LogP contribution in [-0.4, -0.2) is 15.0 Å². The molecule has 13 heavy (non-hydrogen) atoms. The monoisotopic (exact) mass is 177 g/mol. The number of fused-ring (bicyclic) bond motifs is 1. The molecule has 0 aromatic carbocycles. The molecule has 0 spiro atoms. The van der Waals surface area contributed by atoms with Crippen LogP contribution in [0.3, 0.4) is 0 Å². The van der Waals surface area contributed by atoms with Crippen LogP contribution in [0, 0.1) is 13.8 Å².